The van der Waals surface area contributed by atoms with Crippen molar-refractivity contribution in [3.63, 3.8) is 0 Å². The van der Waals surface area contributed by atoms with Crippen LogP contribution in [-0.4, -0.2) is 51.3 Å². The van der Waals surface area contributed by atoms with E-state index in [1.54, 1.807) is 14.2 Å². The average Bonchev–Trinajstić information content (AvgIpc) is 2.87. The van der Waals surface area contributed by atoms with Gasteiger partial charge >= 0.3 is 0 Å². The molecule has 0 aliphatic carbocycles. The lowest BCUT2D eigenvalue weighted by atomic mass is 10.2. The third-order valence-electron chi connectivity index (χ3n) is 4.27. The van der Waals surface area contributed by atoms with Crippen molar-refractivity contribution in [3.8, 4) is 11.5 Å². The van der Waals surface area contributed by atoms with Crippen LogP contribution in [0.25, 0.3) is 0 Å². The predicted octanol–water partition coefficient (Wildman–Crippen LogP) is 3.31. The first-order valence-corrected chi connectivity index (χ1v) is 8.74. The Morgan fingerprint density at radius 3 is 2.44 bits per heavy atom. The number of likely N-dealkylation sites (tertiary alicyclic amines) is 1. The van der Waals surface area contributed by atoms with Crippen LogP contribution in [0.4, 0.5) is 5.69 Å². The van der Waals surface area contributed by atoms with Gasteiger partial charge in [0.25, 0.3) is 0 Å². The maximum Gasteiger partial charge on any atom is 0.193 e. The molecule has 0 amide bonds. The lowest BCUT2D eigenvalue weighted by Gasteiger charge is -2.18. The van der Waals surface area contributed by atoms with E-state index in [9.17, 15) is 0 Å². The SMILES string of the molecule is COc1ccc(NC(N)=NCCCN2CCCCCC2)cc1OC.I. The van der Waals surface area contributed by atoms with Gasteiger partial charge in [-0.25, -0.2) is 0 Å². The number of methoxy groups -OCH3 is 2. The van der Waals surface area contributed by atoms with Crippen molar-refractivity contribution in [1.29, 1.82) is 0 Å². The van der Waals surface area contributed by atoms with E-state index in [2.05, 4.69) is 15.2 Å². The molecular formula is C18H31IN4O2. The van der Waals surface area contributed by atoms with Gasteiger partial charge in [-0.2, -0.15) is 0 Å². The van der Waals surface area contributed by atoms with Gasteiger partial charge in [-0.15, -0.1) is 24.0 Å². The van der Waals surface area contributed by atoms with Crippen LogP contribution in [0.1, 0.15) is 32.1 Å². The Morgan fingerprint density at radius 2 is 1.80 bits per heavy atom. The lowest BCUT2D eigenvalue weighted by Crippen LogP contribution is -2.27. The van der Waals surface area contributed by atoms with E-state index >= 15 is 0 Å². The van der Waals surface area contributed by atoms with Crippen LogP contribution in [0.5, 0.6) is 11.5 Å². The van der Waals surface area contributed by atoms with E-state index in [-0.39, 0.29) is 24.0 Å². The fourth-order valence-corrected chi connectivity index (χ4v) is 2.96. The first kappa shape index (κ1) is 21.8. The van der Waals surface area contributed by atoms with Gasteiger partial charge in [0, 0.05) is 18.3 Å². The molecule has 2 rings (SSSR count). The van der Waals surface area contributed by atoms with Crippen LogP contribution >= 0.6 is 24.0 Å². The van der Waals surface area contributed by atoms with Crippen LogP contribution < -0.4 is 20.5 Å². The molecule has 1 aromatic carbocycles. The molecule has 0 bridgehead atoms. The summed E-state index contributed by atoms with van der Waals surface area (Å²) >= 11 is 0. The molecule has 0 saturated carbocycles. The average molecular weight is 462 g/mol. The number of hydrogen-bond donors (Lipinski definition) is 2. The first-order chi connectivity index (χ1) is 11.7. The molecule has 142 valence electrons. The van der Waals surface area contributed by atoms with Crippen molar-refractivity contribution in [2.24, 2.45) is 10.7 Å². The molecule has 0 spiro atoms. The molecule has 1 heterocycles. The molecule has 0 radical (unpaired) electrons. The number of rotatable bonds is 7. The highest BCUT2D eigenvalue weighted by Gasteiger charge is 2.08. The van der Waals surface area contributed by atoms with Crippen molar-refractivity contribution in [3.05, 3.63) is 18.2 Å². The summed E-state index contributed by atoms with van der Waals surface area (Å²) in [6.07, 6.45) is 6.43. The Kier molecular flexibility index (Phi) is 10.6. The van der Waals surface area contributed by atoms with Gasteiger partial charge in [0.2, 0.25) is 0 Å². The molecule has 1 aromatic rings. The highest BCUT2D eigenvalue weighted by molar-refractivity contribution is 14.0. The highest BCUT2D eigenvalue weighted by atomic mass is 127. The van der Waals surface area contributed by atoms with Gasteiger partial charge in [0.05, 0.1) is 14.2 Å². The topological polar surface area (TPSA) is 72.1 Å². The molecule has 7 heteroatoms. The van der Waals surface area contributed by atoms with Gasteiger partial charge in [-0.05, 0) is 51.0 Å². The zero-order valence-electron chi connectivity index (χ0n) is 15.3. The lowest BCUT2D eigenvalue weighted by molar-refractivity contribution is 0.283. The molecule has 0 atom stereocenters. The van der Waals surface area contributed by atoms with Crippen LogP contribution in [0, 0.1) is 0 Å². The Labute approximate surface area is 168 Å². The van der Waals surface area contributed by atoms with Crippen molar-refractivity contribution in [2.45, 2.75) is 32.1 Å². The molecule has 1 fully saturated rings. The maximum absolute atomic E-state index is 5.97. The van der Waals surface area contributed by atoms with Crippen LogP contribution in [-0.2, 0) is 0 Å². The van der Waals surface area contributed by atoms with E-state index < -0.39 is 0 Å². The molecular weight excluding hydrogens is 431 g/mol. The smallest absolute Gasteiger partial charge is 0.193 e. The summed E-state index contributed by atoms with van der Waals surface area (Å²) in [6.45, 7) is 4.29. The zero-order valence-corrected chi connectivity index (χ0v) is 17.6. The molecule has 25 heavy (non-hydrogen) atoms. The highest BCUT2D eigenvalue weighted by Crippen LogP contribution is 2.29. The molecule has 1 aliphatic rings. The summed E-state index contributed by atoms with van der Waals surface area (Å²) in [7, 11) is 3.23. The molecule has 1 saturated heterocycles. The van der Waals surface area contributed by atoms with Crippen LogP contribution in [0.3, 0.4) is 0 Å². The number of halogens is 1. The van der Waals surface area contributed by atoms with Crippen molar-refractivity contribution in [1.82, 2.24) is 4.90 Å². The Hall–Kier alpha value is -1.22. The van der Waals surface area contributed by atoms with Gasteiger partial charge in [0.1, 0.15) is 0 Å². The minimum Gasteiger partial charge on any atom is -0.493 e. The van der Waals surface area contributed by atoms with Gasteiger partial charge in [-0.1, -0.05) is 12.8 Å². The number of nitrogens with zero attached hydrogens (tertiary/aromatic N) is 2. The van der Waals surface area contributed by atoms with Gasteiger partial charge in [-0.3, -0.25) is 4.99 Å². The zero-order chi connectivity index (χ0) is 17.2. The number of benzene rings is 1. The predicted molar refractivity (Wildman–Crippen MR) is 115 cm³/mol. The molecule has 0 aromatic heterocycles. The maximum atomic E-state index is 5.97. The third-order valence-corrected chi connectivity index (χ3v) is 4.27. The second kappa shape index (κ2) is 12.2. The summed E-state index contributed by atoms with van der Waals surface area (Å²) in [5.41, 5.74) is 6.80. The third kappa shape index (κ3) is 7.68. The Morgan fingerprint density at radius 1 is 1.12 bits per heavy atom. The number of hydrogen-bond acceptors (Lipinski definition) is 4. The molecule has 1 aliphatic heterocycles. The number of guanidine groups is 1. The second-order valence-electron chi connectivity index (χ2n) is 6.07. The van der Waals surface area contributed by atoms with Crippen molar-refractivity contribution < 1.29 is 9.47 Å². The van der Waals surface area contributed by atoms with Crippen LogP contribution in [0.15, 0.2) is 23.2 Å². The number of anilines is 1. The summed E-state index contributed by atoms with van der Waals surface area (Å²) < 4.78 is 10.5. The Bertz CT molecular complexity index is 532. The molecule has 6 nitrogen and oxygen atoms in total. The largest absolute Gasteiger partial charge is 0.493 e. The Balaban J connectivity index is 0.00000312. The number of aliphatic imine (C=N–C) groups is 1. The van der Waals surface area contributed by atoms with Gasteiger partial charge in [0.15, 0.2) is 17.5 Å². The summed E-state index contributed by atoms with van der Waals surface area (Å²) in [5.74, 6) is 1.78. The number of ether oxygens (including phenoxy) is 2. The number of nitrogens with two attached hydrogens (primary N) is 1. The first-order valence-electron chi connectivity index (χ1n) is 8.74. The fourth-order valence-electron chi connectivity index (χ4n) is 2.96. The molecule has 3 N–H and O–H groups in total. The van der Waals surface area contributed by atoms with Gasteiger partial charge < -0.3 is 25.4 Å². The monoisotopic (exact) mass is 462 g/mol. The van der Waals surface area contributed by atoms with Crippen molar-refractivity contribution in [2.75, 3.05) is 45.7 Å². The molecule has 0 unspecified atom stereocenters. The fraction of sp³-hybridized carbons (Fsp3) is 0.611. The quantitative estimate of drug-likeness (QED) is 0.282. The van der Waals surface area contributed by atoms with Crippen LogP contribution in [0.2, 0.25) is 0 Å². The number of nitrogens with one attached hydrogen (secondary N) is 1. The van der Waals surface area contributed by atoms with E-state index in [0.717, 1.165) is 25.2 Å². The van der Waals surface area contributed by atoms with E-state index in [1.165, 1.54) is 38.8 Å². The van der Waals surface area contributed by atoms with E-state index in [4.69, 9.17) is 15.2 Å². The van der Waals surface area contributed by atoms with E-state index in [0.29, 0.717) is 17.5 Å². The summed E-state index contributed by atoms with van der Waals surface area (Å²) in [4.78, 5) is 6.95. The normalized spacial score (nSPS) is 15.8. The van der Waals surface area contributed by atoms with Crippen molar-refractivity contribution >= 4 is 35.6 Å². The minimum absolute atomic E-state index is 0. The second-order valence-corrected chi connectivity index (χ2v) is 6.07. The summed E-state index contributed by atoms with van der Waals surface area (Å²) in [5, 5.41) is 3.09. The van der Waals surface area contributed by atoms with E-state index in [1.807, 2.05) is 18.2 Å². The minimum atomic E-state index is 0. The standard InChI is InChI=1S/C18H30N4O2.HI/c1-23-16-9-8-15(14-17(16)24-2)21-18(19)20-10-7-13-22-11-5-3-4-6-12-22;/h8-9,14H,3-7,10-13H2,1-2H3,(H3,19,20,21);1H. The summed E-state index contributed by atoms with van der Waals surface area (Å²) in [6, 6.07) is 5.58.